The van der Waals surface area contributed by atoms with Crippen LogP contribution < -0.4 is 0 Å². The summed E-state index contributed by atoms with van der Waals surface area (Å²) in [6, 6.07) is 19.5. The van der Waals surface area contributed by atoms with Crippen LogP contribution in [-0.2, 0) is 5.41 Å². The molecule has 0 spiro atoms. The van der Waals surface area contributed by atoms with Crippen molar-refractivity contribution >= 4 is 11.6 Å². The molecule has 0 nitrogen and oxygen atoms in total. The van der Waals surface area contributed by atoms with Crippen LogP contribution in [0.1, 0.15) is 58.2 Å². The normalized spacial score (nSPS) is 13.3. The highest BCUT2D eigenvalue weighted by atomic mass is 14.3. The highest BCUT2D eigenvalue weighted by Crippen LogP contribution is 2.37. The highest BCUT2D eigenvalue weighted by Gasteiger charge is 2.21. The van der Waals surface area contributed by atoms with Crippen LogP contribution >= 0.6 is 0 Å². The van der Waals surface area contributed by atoms with Crippen LogP contribution in [0.5, 0.6) is 0 Å². The van der Waals surface area contributed by atoms with E-state index in [0.717, 1.165) is 0 Å². The highest BCUT2D eigenvalue weighted by molar-refractivity contribution is 5.85. The van der Waals surface area contributed by atoms with Crippen LogP contribution in [0, 0.1) is 5.41 Å². The van der Waals surface area contributed by atoms with Gasteiger partial charge >= 0.3 is 0 Å². The maximum Gasteiger partial charge on any atom is -0.0126 e. The lowest BCUT2D eigenvalue weighted by molar-refractivity contribution is 0.568. The van der Waals surface area contributed by atoms with E-state index in [0.29, 0.717) is 0 Å². The van der Waals surface area contributed by atoms with Crippen molar-refractivity contribution in [2.45, 2.75) is 47.0 Å². The standard InChI is InChI=1S/C22H28/c1-21(2,3)19-15-11-10-14-18(19)16-20(22(4,5)6)17-12-8-7-9-13-17/h7-16H,1-6H3. The first kappa shape index (κ1) is 16.5. The minimum Gasteiger partial charge on any atom is -0.0622 e. The van der Waals surface area contributed by atoms with Gasteiger partial charge in [-0.25, -0.2) is 0 Å². The summed E-state index contributed by atoms with van der Waals surface area (Å²) in [5, 5.41) is 0. The van der Waals surface area contributed by atoms with Crippen molar-refractivity contribution in [3.63, 3.8) is 0 Å². The molecular weight excluding hydrogens is 264 g/mol. The fraction of sp³-hybridized carbons (Fsp3) is 0.364. The average Bonchev–Trinajstić information content (AvgIpc) is 2.44. The molecule has 2 rings (SSSR count). The molecule has 0 bridgehead atoms. The Morgan fingerprint density at radius 2 is 1.27 bits per heavy atom. The van der Waals surface area contributed by atoms with Gasteiger partial charge in [-0.2, -0.15) is 0 Å². The van der Waals surface area contributed by atoms with E-state index in [-0.39, 0.29) is 10.8 Å². The van der Waals surface area contributed by atoms with Crippen LogP contribution in [0.4, 0.5) is 0 Å². The number of hydrogen-bond donors (Lipinski definition) is 0. The minimum absolute atomic E-state index is 0.104. The minimum atomic E-state index is 0.104. The van der Waals surface area contributed by atoms with Crippen molar-refractivity contribution in [3.8, 4) is 0 Å². The lowest BCUT2D eigenvalue weighted by Crippen LogP contribution is -2.14. The third-order valence-corrected chi connectivity index (χ3v) is 3.96. The number of rotatable bonds is 2. The summed E-state index contributed by atoms with van der Waals surface area (Å²) in [6.45, 7) is 13.7. The first-order valence-corrected chi connectivity index (χ1v) is 8.07. The second kappa shape index (κ2) is 6.12. The molecule has 0 aromatic heterocycles. The van der Waals surface area contributed by atoms with Crippen LogP contribution in [0.25, 0.3) is 11.6 Å². The van der Waals surface area contributed by atoms with Gasteiger partial charge in [0.05, 0.1) is 0 Å². The van der Waals surface area contributed by atoms with Crippen LogP contribution in [-0.4, -0.2) is 0 Å². The lowest BCUT2D eigenvalue weighted by Gasteiger charge is -2.26. The van der Waals surface area contributed by atoms with Gasteiger partial charge in [0, 0.05) is 0 Å². The summed E-state index contributed by atoms with van der Waals surface area (Å²) in [7, 11) is 0. The molecule has 0 N–H and O–H groups in total. The fourth-order valence-electron chi connectivity index (χ4n) is 2.81. The quantitative estimate of drug-likeness (QED) is 0.549. The van der Waals surface area contributed by atoms with E-state index < -0.39 is 0 Å². The third kappa shape index (κ3) is 3.88. The van der Waals surface area contributed by atoms with Gasteiger partial charge in [-0.3, -0.25) is 0 Å². The number of hydrogen-bond acceptors (Lipinski definition) is 0. The van der Waals surface area contributed by atoms with E-state index >= 15 is 0 Å². The molecule has 0 radical (unpaired) electrons. The smallest absolute Gasteiger partial charge is 0.0126 e. The molecule has 0 saturated heterocycles. The van der Waals surface area contributed by atoms with Crippen molar-refractivity contribution in [2.75, 3.05) is 0 Å². The number of benzene rings is 2. The Balaban J connectivity index is 2.62. The Bertz CT molecular complexity index is 646. The molecule has 2 aromatic rings. The number of allylic oxidation sites excluding steroid dienone is 1. The third-order valence-electron chi connectivity index (χ3n) is 3.96. The van der Waals surface area contributed by atoms with E-state index in [9.17, 15) is 0 Å². The Hall–Kier alpha value is -1.82. The van der Waals surface area contributed by atoms with E-state index in [4.69, 9.17) is 0 Å². The van der Waals surface area contributed by atoms with Crippen molar-refractivity contribution < 1.29 is 0 Å². The maximum absolute atomic E-state index is 2.37. The Morgan fingerprint density at radius 1 is 0.727 bits per heavy atom. The van der Waals surface area contributed by atoms with Gasteiger partial charge in [-0.05, 0) is 33.1 Å². The van der Waals surface area contributed by atoms with Gasteiger partial charge in [0.2, 0.25) is 0 Å². The topological polar surface area (TPSA) is 0 Å². The molecule has 0 aliphatic rings. The van der Waals surface area contributed by atoms with Gasteiger partial charge in [-0.1, -0.05) is 102 Å². The van der Waals surface area contributed by atoms with Crippen LogP contribution in [0.3, 0.4) is 0 Å². The van der Waals surface area contributed by atoms with E-state index in [1.165, 1.54) is 22.3 Å². The van der Waals surface area contributed by atoms with Gasteiger partial charge in [0.25, 0.3) is 0 Å². The summed E-state index contributed by atoms with van der Waals surface area (Å²) in [4.78, 5) is 0. The molecule has 0 heteroatoms. The zero-order valence-electron chi connectivity index (χ0n) is 14.8. The molecule has 0 saturated carbocycles. The first-order valence-electron chi connectivity index (χ1n) is 8.07. The Kier molecular flexibility index (Phi) is 4.60. The van der Waals surface area contributed by atoms with Crippen LogP contribution in [0.2, 0.25) is 0 Å². The van der Waals surface area contributed by atoms with Gasteiger partial charge < -0.3 is 0 Å². The Morgan fingerprint density at radius 3 is 1.82 bits per heavy atom. The van der Waals surface area contributed by atoms with Gasteiger partial charge in [0.15, 0.2) is 0 Å². The van der Waals surface area contributed by atoms with E-state index in [1.807, 2.05) is 0 Å². The monoisotopic (exact) mass is 292 g/mol. The van der Waals surface area contributed by atoms with Crippen molar-refractivity contribution in [3.05, 3.63) is 71.3 Å². The maximum atomic E-state index is 2.37. The summed E-state index contributed by atoms with van der Waals surface area (Å²) in [5.41, 5.74) is 5.65. The first-order chi connectivity index (χ1) is 10.2. The van der Waals surface area contributed by atoms with Gasteiger partial charge in [0.1, 0.15) is 0 Å². The van der Waals surface area contributed by atoms with E-state index in [1.54, 1.807) is 0 Å². The average molecular weight is 292 g/mol. The molecule has 0 fully saturated rings. The van der Waals surface area contributed by atoms with Crippen molar-refractivity contribution in [1.82, 2.24) is 0 Å². The second-order valence-electron chi connectivity index (χ2n) is 8.01. The summed E-state index contributed by atoms with van der Waals surface area (Å²) >= 11 is 0. The van der Waals surface area contributed by atoms with E-state index in [2.05, 4.69) is 102 Å². The molecule has 0 aliphatic carbocycles. The second-order valence-corrected chi connectivity index (χ2v) is 8.01. The summed E-state index contributed by atoms with van der Waals surface area (Å²) in [6.07, 6.45) is 2.37. The molecule has 22 heavy (non-hydrogen) atoms. The molecule has 0 heterocycles. The summed E-state index contributed by atoms with van der Waals surface area (Å²) < 4.78 is 0. The predicted molar refractivity (Wildman–Crippen MR) is 98.9 cm³/mol. The molecule has 0 unspecified atom stereocenters. The molecule has 116 valence electrons. The molecule has 0 amide bonds. The Labute approximate surface area is 135 Å². The lowest BCUT2D eigenvalue weighted by atomic mass is 9.78. The molecule has 2 aromatic carbocycles. The molecule has 0 aliphatic heterocycles. The zero-order chi connectivity index (χ0) is 16.4. The fourth-order valence-corrected chi connectivity index (χ4v) is 2.81. The van der Waals surface area contributed by atoms with Gasteiger partial charge in [-0.15, -0.1) is 0 Å². The largest absolute Gasteiger partial charge is 0.0622 e. The SMILES string of the molecule is CC(C)(C)C(=Cc1ccccc1C(C)(C)C)c1ccccc1. The van der Waals surface area contributed by atoms with Crippen molar-refractivity contribution in [1.29, 1.82) is 0 Å². The van der Waals surface area contributed by atoms with Crippen LogP contribution in [0.15, 0.2) is 54.6 Å². The molecular formula is C22H28. The predicted octanol–water partition coefficient (Wildman–Crippen LogP) is 6.57. The molecule has 0 atom stereocenters. The summed E-state index contributed by atoms with van der Waals surface area (Å²) in [5.74, 6) is 0. The zero-order valence-corrected chi connectivity index (χ0v) is 14.8. The van der Waals surface area contributed by atoms with Crippen molar-refractivity contribution in [2.24, 2.45) is 5.41 Å².